The van der Waals surface area contributed by atoms with Gasteiger partial charge < -0.3 is 9.47 Å². The lowest BCUT2D eigenvalue weighted by molar-refractivity contribution is -0.437. The number of hydrogen-bond donors (Lipinski definition) is 0. The average molecular weight is 313 g/mol. The van der Waals surface area contributed by atoms with Crippen LogP contribution in [-0.2, 0) is 9.47 Å². The van der Waals surface area contributed by atoms with Crippen LogP contribution >= 0.6 is 0 Å². The van der Waals surface area contributed by atoms with E-state index in [0.29, 0.717) is 0 Å². The van der Waals surface area contributed by atoms with Crippen LogP contribution in [0.4, 0.5) is 0 Å². The summed E-state index contributed by atoms with van der Waals surface area (Å²) >= 11 is 0. The van der Waals surface area contributed by atoms with E-state index < -0.39 is 0 Å². The van der Waals surface area contributed by atoms with E-state index in [2.05, 4.69) is 6.92 Å². The summed E-state index contributed by atoms with van der Waals surface area (Å²) in [7, 11) is 0. The molecular weight excluding hydrogens is 272 g/mol. The van der Waals surface area contributed by atoms with Gasteiger partial charge in [0.1, 0.15) is 0 Å². The van der Waals surface area contributed by atoms with Crippen molar-refractivity contribution in [1.29, 1.82) is 0 Å². The van der Waals surface area contributed by atoms with Gasteiger partial charge in [-0.3, -0.25) is 0 Å². The molecule has 0 amide bonds. The van der Waals surface area contributed by atoms with Crippen molar-refractivity contribution >= 4 is 0 Å². The Labute approximate surface area is 139 Å². The van der Waals surface area contributed by atoms with Crippen LogP contribution in [0.3, 0.4) is 0 Å². The lowest BCUT2D eigenvalue weighted by atomic mass is 10.0. The smallest absolute Gasteiger partial charge is 0.169 e. The molecule has 1 rings (SSSR count). The first-order valence-corrected chi connectivity index (χ1v) is 10.00. The Bertz CT molecular complexity index is 242. The highest BCUT2D eigenvalue weighted by atomic mass is 16.9. The first-order valence-electron chi connectivity index (χ1n) is 10.00. The fraction of sp³-hybridized carbons (Fsp3) is 1.00. The van der Waals surface area contributed by atoms with Gasteiger partial charge in [-0.2, -0.15) is 0 Å². The fourth-order valence-electron chi connectivity index (χ4n) is 3.27. The Hall–Kier alpha value is -0.0800. The molecule has 0 atom stereocenters. The lowest BCUT2D eigenvalue weighted by Crippen LogP contribution is -2.48. The van der Waals surface area contributed by atoms with Crippen molar-refractivity contribution < 1.29 is 9.47 Å². The Balaban J connectivity index is 1.67. The van der Waals surface area contributed by atoms with E-state index in [1.807, 2.05) is 13.8 Å². The largest absolute Gasteiger partial charge is 0.322 e. The summed E-state index contributed by atoms with van der Waals surface area (Å²) < 4.78 is 11.2. The molecule has 0 aromatic rings. The molecular formula is C20H40O2. The van der Waals surface area contributed by atoms with Crippen molar-refractivity contribution in [3.63, 3.8) is 0 Å². The molecule has 0 aliphatic carbocycles. The summed E-state index contributed by atoms with van der Waals surface area (Å²) in [6.07, 6.45) is 20.9. The van der Waals surface area contributed by atoms with Crippen LogP contribution in [0, 0.1) is 0 Å². The maximum atomic E-state index is 5.62. The molecule has 0 N–H and O–H groups in total. The van der Waals surface area contributed by atoms with Crippen molar-refractivity contribution in [3.8, 4) is 0 Å². The summed E-state index contributed by atoms with van der Waals surface area (Å²) in [6, 6.07) is 0. The van der Waals surface area contributed by atoms with Crippen LogP contribution in [-0.4, -0.2) is 12.1 Å². The Morgan fingerprint density at radius 1 is 0.591 bits per heavy atom. The van der Waals surface area contributed by atoms with Gasteiger partial charge in [-0.25, -0.2) is 0 Å². The summed E-state index contributed by atoms with van der Waals surface area (Å²) in [5.41, 5.74) is 0. The van der Waals surface area contributed by atoms with Crippen LogP contribution in [0.5, 0.6) is 0 Å². The molecule has 1 fully saturated rings. The second kappa shape index (κ2) is 12.4. The van der Waals surface area contributed by atoms with E-state index in [1.54, 1.807) is 0 Å². The molecule has 0 bridgehead atoms. The van der Waals surface area contributed by atoms with E-state index in [1.165, 1.54) is 89.9 Å². The van der Waals surface area contributed by atoms with Crippen molar-refractivity contribution in [2.24, 2.45) is 0 Å². The predicted molar refractivity (Wildman–Crippen MR) is 95.0 cm³/mol. The second-order valence-electron chi connectivity index (χ2n) is 7.45. The van der Waals surface area contributed by atoms with E-state index in [0.717, 1.165) is 6.42 Å². The molecule has 0 radical (unpaired) electrons. The highest BCUT2D eigenvalue weighted by Crippen LogP contribution is 2.30. The van der Waals surface area contributed by atoms with E-state index in [4.69, 9.17) is 9.47 Å². The van der Waals surface area contributed by atoms with Gasteiger partial charge in [-0.05, 0) is 26.7 Å². The zero-order valence-electron chi connectivity index (χ0n) is 15.5. The number of ether oxygens (including phenoxy) is 2. The van der Waals surface area contributed by atoms with E-state index in [9.17, 15) is 0 Å². The highest BCUT2D eigenvalue weighted by Gasteiger charge is 2.37. The standard InChI is InChI=1S/C20H40O2/c1-4-5-6-7-8-9-10-11-12-13-14-15-16-17-18-19-21-20(2,3)22-19/h19H,4-18H2,1-3H3. The van der Waals surface area contributed by atoms with Crippen molar-refractivity contribution in [1.82, 2.24) is 0 Å². The molecule has 0 spiro atoms. The minimum Gasteiger partial charge on any atom is -0.322 e. The minimum atomic E-state index is -0.319. The molecule has 1 saturated heterocycles. The maximum Gasteiger partial charge on any atom is 0.169 e. The predicted octanol–water partition coefficient (Wildman–Crippen LogP) is 6.97. The molecule has 0 unspecified atom stereocenters. The normalized spacial score (nSPS) is 17.6. The van der Waals surface area contributed by atoms with Gasteiger partial charge in [-0.1, -0.05) is 90.4 Å². The van der Waals surface area contributed by atoms with Gasteiger partial charge in [0.15, 0.2) is 12.1 Å². The lowest BCUT2D eigenvalue weighted by Gasteiger charge is -2.42. The fourth-order valence-corrected chi connectivity index (χ4v) is 3.27. The quantitative estimate of drug-likeness (QED) is 0.304. The molecule has 0 aromatic carbocycles. The maximum absolute atomic E-state index is 5.62. The van der Waals surface area contributed by atoms with Gasteiger partial charge in [0, 0.05) is 0 Å². The van der Waals surface area contributed by atoms with Crippen molar-refractivity contribution in [2.75, 3.05) is 0 Å². The van der Waals surface area contributed by atoms with Gasteiger partial charge >= 0.3 is 0 Å². The number of hydrogen-bond acceptors (Lipinski definition) is 2. The summed E-state index contributed by atoms with van der Waals surface area (Å²) in [5.74, 6) is -0.319. The molecule has 22 heavy (non-hydrogen) atoms. The topological polar surface area (TPSA) is 18.5 Å². The van der Waals surface area contributed by atoms with E-state index in [-0.39, 0.29) is 12.1 Å². The molecule has 1 aliphatic heterocycles. The molecule has 0 saturated carbocycles. The van der Waals surface area contributed by atoms with Crippen LogP contribution in [0.15, 0.2) is 0 Å². The summed E-state index contributed by atoms with van der Waals surface area (Å²) in [4.78, 5) is 0. The first-order chi connectivity index (χ1) is 10.6. The van der Waals surface area contributed by atoms with Crippen LogP contribution < -0.4 is 0 Å². The molecule has 2 nitrogen and oxygen atoms in total. The summed E-state index contributed by atoms with van der Waals surface area (Å²) in [6.45, 7) is 6.25. The third-order valence-corrected chi connectivity index (χ3v) is 4.62. The van der Waals surface area contributed by atoms with Crippen molar-refractivity contribution in [3.05, 3.63) is 0 Å². The molecule has 1 heterocycles. The highest BCUT2D eigenvalue weighted by molar-refractivity contribution is 4.67. The van der Waals surface area contributed by atoms with Crippen molar-refractivity contribution in [2.45, 2.75) is 129 Å². The zero-order valence-corrected chi connectivity index (χ0v) is 15.5. The van der Waals surface area contributed by atoms with Crippen LogP contribution in [0.2, 0.25) is 0 Å². The van der Waals surface area contributed by atoms with Gasteiger partial charge in [0.05, 0.1) is 0 Å². The monoisotopic (exact) mass is 312 g/mol. The Kier molecular flexibility index (Phi) is 11.2. The van der Waals surface area contributed by atoms with Gasteiger partial charge in [-0.15, -0.1) is 0 Å². The van der Waals surface area contributed by atoms with Gasteiger partial charge in [0.25, 0.3) is 0 Å². The molecule has 0 aromatic heterocycles. The minimum absolute atomic E-state index is 0.0762. The molecule has 1 aliphatic rings. The SMILES string of the molecule is CCCCCCCCCCCCCCCCC1OC(C)(C)O1. The van der Waals surface area contributed by atoms with Crippen LogP contribution in [0.25, 0.3) is 0 Å². The average Bonchev–Trinajstić information content (AvgIpc) is 2.45. The second-order valence-corrected chi connectivity index (χ2v) is 7.45. The number of unbranched alkanes of at least 4 members (excludes halogenated alkanes) is 13. The molecule has 2 heteroatoms. The third kappa shape index (κ3) is 10.6. The van der Waals surface area contributed by atoms with Crippen LogP contribution in [0.1, 0.15) is 117 Å². The Morgan fingerprint density at radius 2 is 0.955 bits per heavy atom. The number of rotatable bonds is 15. The summed E-state index contributed by atoms with van der Waals surface area (Å²) in [5, 5.41) is 0. The zero-order chi connectivity index (χ0) is 16.1. The van der Waals surface area contributed by atoms with E-state index >= 15 is 0 Å². The molecule has 132 valence electrons. The Morgan fingerprint density at radius 3 is 1.32 bits per heavy atom. The van der Waals surface area contributed by atoms with Gasteiger partial charge in [0.2, 0.25) is 0 Å². The third-order valence-electron chi connectivity index (χ3n) is 4.62. The first kappa shape index (κ1) is 20.0.